The summed E-state index contributed by atoms with van der Waals surface area (Å²) >= 11 is 11.5. The van der Waals surface area contributed by atoms with Gasteiger partial charge in [0.2, 0.25) is 0 Å². The number of rotatable bonds is 4. The molecule has 3 nitrogen and oxygen atoms in total. The third kappa shape index (κ3) is 3.29. The molecule has 1 aliphatic rings. The number of nitrogens with zero attached hydrogens (tertiary/aromatic N) is 1. The Labute approximate surface area is 138 Å². The van der Waals surface area contributed by atoms with Crippen LogP contribution in [0.3, 0.4) is 0 Å². The maximum absolute atomic E-state index is 12.3. The molecule has 0 spiro atoms. The van der Waals surface area contributed by atoms with Crippen LogP contribution in [0.2, 0.25) is 5.02 Å². The number of hydrogen-bond donors (Lipinski definition) is 0. The number of para-hydroxylation sites is 1. The van der Waals surface area contributed by atoms with Crippen molar-refractivity contribution in [3.05, 3.63) is 28.8 Å². The molecule has 7 heteroatoms. The van der Waals surface area contributed by atoms with Gasteiger partial charge in [0, 0.05) is 29.1 Å². The van der Waals surface area contributed by atoms with Crippen molar-refractivity contribution in [3.8, 4) is 0 Å². The van der Waals surface area contributed by atoms with Gasteiger partial charge in [-0.2, -0.15) is 11.8 Å². The van der Waals surface area contributed by atoms with Crippen LogP contribution in [0.5, 0.6) is 0 Å². The fourth-order valence-electron chi connectivity index (χ4n) is 2.32. The number of anilines is 1. The van der Waals surface area contributed by atoms with Crippen LogP contribution < -0.4 is 4.90 Å². The van der Waals surface area contributed by atoms with Gasteiger partial charge in [-0.1, -0.05) is 46.6 Å². The van der Waals surface area contributed by atoms with Crippen LogP contribution in [0.1, 0.15) is 12.5 Å². The molecule has 1 aliphatic heterocycles. The molecule has 1 saturated heterocycles. The van der Waals surface area contributed by atoms with Crippen molar-refractivity contribution in [1.29, 1.82) is 0 Å². The monoisotopic (exact) mass is 397 g/mol. The van der Waals surface area contributed by atoms with Gasteiger partial charge in [-0.05, 0) is 11.6 Å². The van der Waals surface area contributed by atoms with Gasteiger partial charge < -0.3 is 4.90 Å². The van der Waals surface area contributed by atoms with E-state index in [0.29, 0.717) is 22.7 Å². The Kier molecular flexibility index (Phi) is 5.68. The molecule has 20 heavy (non-hydrogen) atoms. The lowest BCUT2D eigenvalue weighted by Gasteiger charge is -2.38. The first-order chi connectivity index (χ1) is 9.51. The highest BCUT2D eigenvalue weighted by Gasteiger charge is 2.34. The Morgan fingerprint density at radius 2 is 2.25 bits per heavy atom. The number of hydrogen-bond acceptors (Lipinski definition) is 4. The summed E-state index contributed by atoms with van der Waals surface area (Å²) in [5.74, 6) is 1.68. The number of thioether (sulfide) groups is 1. The zero-order valence-corrected chi connectivity index (χ0v) is 15.2. The molecular formula is C13H17BrClNO2S2. The highest BCUT2D eigenvalue weighted by atomic mass is 79.9. The average Bonchev–Trinajstić information content (AvgIpc) is 2.47. The first-order valence-corrected chi connectivity index (χ1v) is 10.8. The van der Waals surface area contributed by atoms with Crippen molar-refractivity contribution in [3.63, 3.8) is 0 Å². The molecule has 1 heterocycles. The first-order valence-electron chi connectivity index (χ1n) is 6.40. The average molecular weight is 399 g/mol. The number of halogens is 2. The van der Waals surface area contributed by atoms with E-state index in [9.17, 15) is 8.42 Å². The highest BCUT2D eigenvalue weighted by molar-refractivity contribution is 9.08. The zero-order chi connectivity index (χ0) is 14.8. The van der Waals surface area contributed by atoms with Crippen LogP contribution >= 0.6 is 39.3 Å². The second-order valence-corrected chi connectivity index (χ2v) is 9.12. The molecule has 1 unspecified atom stereocenters. The lowest BCUT2D eigenvalue weighted by Crippen LogP contribution is -2.48. The quantitative estimate of drug-likeness (QED) is 0.727. The predicted octanol–water partition coefficient (Wildman–Crippen LogP) is 3.55. The standard InChI is InChI=1S/C13H17BrClNO2S2/c1-2-20(17,18)12-9-19-7-6-16(12)13-10(8-14)4-3-5-11(13)15/h3-5,12H,2,6-9H2,1H3. The number of alkyl halides is 1. The van der Waals surface area contributed by atoms with Crippen molar-refractivity contribution < 1.29 is 8.42 Å². The molecule has 2 rings (SSSR count). The number of benzene rings is 1. The van der Waals surface area contributed by atoms with E-state index in [0.717, 1.165) is 17.0 Å². The Morgan fingerprint density at radius 1 is 1.50 bits per heavy atom. The molecule has 0 aromatic heterocycles. The van der Waals surface area contributed by atoms with E-state index in [-0.39, 0.29) is 5.75 Å². The van der Waals surface area contributed by atoms with Gasteiger partial charge in [-0.3, -0.25) is 0 Å². The largest absolute Gasteiger partial charge is 0.352 e. The van der Waals surface area contributed by atoms with Crippen molar-refractivity contribution in [2.24, 2.45) is 0 Å². The fourth-order valence-corrected chi connectivity index (χ4v) is 6.05. The summed E-state index contributed by atoms with van der Waals surface area (Å²) in [7, 11) is -3.13. The maximum Gasteiger partial charge on any atom is 0.171 e. The predicted molar refractivity (Wildman–Crippen MR) is 92.0 cm³/mol. The minimum Gasteiger partial charge on any atom is -0.352 e. The van der Waals surface area contributed by atoms with E-state index in [1.165, 1.54) is 0 Å². The van der Waals surface area contributed by atoms with Crippen molar-refractivity contribution in [2.45, 2.75) is 17.6 Å². The van der Waals surface area contributed by atoms with Crippen molar-refractivity contribution in [1.82, 2.24) is 0 Å². The molecule has 0 saturated carbocycles. The molecule has 1 aromatic rings. The Balaban J connectivity index is 2.48. The van der Waals surface area contributed by atoms with E-state index >= 15 is 0 Å². The summed E-state index contributed by atoms with van der Waals surface area (Å²) in [5.41, 5.74) is 1.88. The lowest BCUT2D eigenvalue weighted by atomic mass is 10.2. The summed E-state index contributed by atoms with van der Waals surface area (Å²) in [6.07, 6.45) is 0. The molecule has 0 bridgehead atoms. The van der Waals surface area contributed by atoms with Gasteiger partial charge in [0.05, 0.1) is 10.7 Å². The Morgan fingerprint density at radius 3 is 2.90 bits per heavy atom. The third-order valence-electron chi connectivity index (χ3n) is 3.40. The van der Waals surface area contributed by atoms with Crippen LogP contribution in [0, 0.1) is 0 Å². The Hall–Kier alpha value is 0.0900. The molecule has 112 valence electrons. The molecule has 0 aliphatic carbocycles. The normalized spacial score (nSPS) is 20.1. The molecule has 1 aromatic carbocycles. The van der Waals surface area contributed by atoms with Gasteiger partial charge in [0.25, 0.3) is 0 Å². The summed E-state index contributed by atoms with van der Waals surface area (Å²) in [4.78, 5) is 1.97. The second-order valence-electron chi connectivity index (χ2n) is 4.56. The molecule has 0 N–H and O–H groups in total. The van der Waals surface area contributed by atoms with Gasteiger partial charge in [-0.25, -0.2) is 8.42 Å². The zero-order valence-electron chi connectivity index (χ0n) is 11.2. The van der Waals surface area contributed by atoms with Crippen LogP contribution in [-0.4, -0.2) is 37.6 Å². The summed E-state index contributed by atoms with van der Waals surface area (Å²) < 4.78 is 24.7. The highest BCUT2D eigenvalue weighted by Crippen LogP contribution is 2.36. The topological polar surface area (TPSA) is 37.4 Å². The lowest BCUT2D eigenvalue weighted by molar-refractivity contribution is 0.579. The minimum atomic E-state index is -3.13. The molecule has 0 amide bonds. The smallest absolute Gasteiger partial charge is 0.171 e. The fraction of sp³-hybridized carbons (Fsp3) is 0.538. The summed E-state index contributed by atoms with van der Waals surface area (Å²) in [6, 6.07) is 5.69. The van der Waals surface area contributed by atoms with Crippen LogP contribution in [-0.2, 0) is 15.2 Å². The molecular weight excluding hydrogens is 382 g/mol. The van der Waals surface area contributed by atoms with Gasteiger partial charge in [-0.15, -0.1) is 0 Å². The van der Waals surface area contributed by atoms with Crippen molar-refractivity contribution in [2.75, 3.05) is 28.7 Å². The first kappa shape index (κ1) is 16.5. The van der Waals surface area contributed by atoms with Crippen LogP contribution in [0.15, 0.2) is 18.2 Å². The molecule has 1 fully saturated rings. The van der Waals surface area contributed by atoms with Gasteiger partial charge >= 0.3 is 0 Å². The summed E-state index contributed by atoms with van der Waals surface area (Å²) in [6.45, 7) is 2.41. The van der Waals surface area contributed by atoms with Gasteiger partial charge in [0.1, 0.15) is 5.37 Å². The molecule has 1 atom stereocenters. The number of sulfone groups is 1. The van der Waals surface area contributed by atoms with E-state index in [1.807, 2.05) is 23.1 Å². The maximum atomic E-state index is 12.3. The SMILES string of the molecule is CCS(=O)(=O)C1CSCCN1c1c(Cl)cccc1CBr. The van der Waals surface area contributed by atoms with Crippen molar-refractivity contribution >= 4 is 54.8 Å². The Bertz CT molecular complexity index is 580. The third-order valence-corrected chi connectivity index (χ3v) is 7.60. The van der Waals surface area contributed by atoms with E-state index in [2.05, 4.69) is 15.9 Å². The van der Waals surface area contributed by atoms with Crippen LogP contribution in [0.4, 0.5) is 5.69 Å². The van der Waals surface area contributed by atoms with Crippen LogP contribution in [0.25, 0.3) is 0 Å². The van der Waals surface area contributed by atoms with E-state index in [1.54, 1.807) is 18.7 Å². The second kappa shape index (κ2) is 6.90. The summed E-state index contributed by atoms with van der Waals surface area (Å²) in [5, 5.41) is 0.792. The molecule has 0 radical (unpaired) electrons. The van der Waals surface area contributed by atoms with E-state index < -0.39 is 15.2 Å². The minimum absolute atomic E-state index is 0.156. The van der Waals surface area contributed by atoms with Gasteiger partial charge in [0.15, 0.2) is 9.84 Å². The van der Waals surface area contributed by atoms with E-state index in [4.69, 9.17) is 11.6 Å².